The number of benzene rings is 1. The number of ether oxygens (including phenoxy) is 1. The molecule has 1 fully saturated rings. The van der Waals surface area contributed by atoms with Gasteiger partial charge in [-0.1, -0.05) is 26.0 Å². The molecular weight excluding hydrogens is 364 g/mol. The number of rotatable bonds is 7. The number of fused-ring (bicyclic) bond motifs is 1. The van der Waals surface area contributed by atoms with Gasteiger partial charge >= 0.3 is 0 Å². The Hall–Kier alpha value is -1.83. The fourth-order valence-electron chi connectivity index (χ4n) is 4.17. The maximum atomic E-state index is 10.3. The Morgan fingerprint density at radius 1 is 1.12 bits per heavy atom. The van der Waals surface area contributed by atoms with Gasteiger partial charge in [-0.15, -0.1) is 23.5 Å². The minimum Gasteiger partial charge on any atom is -0.494 e. The largest absolute Gasteiger partial charge is 0.494 e. The number of hydrogen-bond donors (Lipinski definition) is 1. The van der Waals surface area contributed by atoms with Gasteiger partial charge in [0.15, 0.2) is 4.20 Å². The zero-order valence-corrected chi connectivity index (χ0v) is 16.8. The molecule has 0 bridgehead atoms. The lowest BCUT2D eigenvalue weighted by Crippen LogP contribution is -2.31. The fourth-order valence-corrected chi connectivity index (χ4v) is 7.43. The van der Waals surface area contributed by atoms with Crippen molar-refractivity contribution in [1.29, 1.82) is 10.5 Å². The van der Waals surface area contributed by atoms with Crippen molar-refractivity contribution in [1.82, 2.24) is 0 Å². The van der Waals surface area contributed by atoms with Gasteiger partial charge in [0.1, 0.15) is 22.4 Å². The highest BCUT2D eigenvalue weighted by atomic mass is 32.2. The first-order valence-electron chi connectivity index (χ1n) is 8.72. The molecule has 3 unspecified atom stereocenters. The molecule has 3 rings (SSSR count). The molecule has 0 spiro atoms. The van der Waals surface area contributed by atoms with E-state index in [1.54, 1.807) is 23.5 Å². The minimum absolute atomic E-state index is 0.281. The lowest BCUT2D eigenvalue weighted by Gasteiger charge is -2.31. The number of hydrogen-bond acceptors (Lipinski definition) is 7. The van der Waals surface area contributed by atoms with E-state index < -0.39 is 15.0 Å². The topological polar surface area (TPSA) is 95.2 Å². The van der Waals surface area contributed by atoms with Gasteiger partial charge in [0, 0.05) is 5.92 Å². The van der Waals surface area contributed by atoms with E-state index in [0.29, 0.717) is 12.4 Å². The summed E-state index contributed by atoms with van der Waals surface area (Å²) in [7, 11) is 0. The van der Waals surface area contributed by atoms with Crippen molar-refractivity contribution in [3.8, 4) is 17.9 Å². The molecule has 1 aromatic rings. The van der Waals surface area contributed by atoms with Crippen molar-refractivity contribution in [2.45, 2.75) is 30.9 Å². The van der Waals surface area contributed by atoms with Crippen LogP contribution in [0.15, 0.2) is 29.3 Å². The van der Waals surface area contributed by atoms with Crippen molar-refractivity contribution in [3.05, 3.63) is 29.8 Å². The van der Waals surface area contributed by atoms with Crippen LogP contribution < -0.4 is 10.5 Å². The maximum Gasteiger partial charge on any atom is 0.175 e. The second kappa shape index (κ2) is 6.72. The summed E-state index contributed by atoms with van der Waals surface area (Å²) < 4.78 is 4.77. The second-order valence-corrected chi connectivity index (χ2v) is 9.39. The zero-order valence-electron chi connectivity index (χ0n) is 15.2. The molecule has 0 saturated heterocycles. The third-order valence-corrected chi connectivity index (χ3v) is 8.03. The normalized spacial score (nSPS) is 30.7. The number of aliphatic imine (C=N–C) groups is 1. The standard InChI is InChI=1S/C19H22N4OS2/c1-4-24-14-9-7-13(8-10-14)15-17(11-20)16(22)23-19(25-5-2,26-6-3)18(15,17)12-21/h7-10,15H,4-6H2,1-3H3,(H2,22,23). The van der Waals surface area contributed by atoms with E-state index in [9.17, 15) is 10.5 Å². The number of nitrogens with two attached hydrogens (primary N) is 1. The number of nitriles is 2. The summed E-state index contributed by atoms with van der Waals surface area (Å²) in [5, 5.41) is 20.3. The van der Waals surface area contributed by atoms with E-state index in [1.807, 2.05) is 45.0 Å². The fraction of sp³-hybridized carbons (Fsp3) is 0.526. The smallest absolute Gasteiger partial charge is 0.175 e. The first-order chi connectivity index (χ1) is 12.5. The van der Waals surface area contributed by atoms with Crippen molar-refractivity contribution in [3.63, 3.8) is 0 Å². The number of thioether (sulfide) groups is 2. The molecule has 3 atom stereocenters. The minimum atomic E-state index is -1.06. The monoisotopic (exact) mass is 386 g/mol. The van der Waals surface area contributed by atoms with Crippen LogP contribution in [0.1, 0.15) is 32.3 Å². The predicted octanol–water partition coefficient (Wildman–Crippen LogP) is 3.73. The summed E-state index contributed by atoms with van der Waals surface area (Å²) in [5.41, 5.74) is 5.22. The Kier molecular flexibility index (Phi) is 4.90. The molecule has 0 aromatic heterocycles. The van der Waals surface area contributed by atoms with Crippen LogP contribution in [0.3, 0.4) is 0 Å². The van der Waals surface area contributed by atoms with Crippen LogP contribution in [0.2, 0.25) is 0 Å². The lowest BCUT2D eigenvalue weighted by molar-refractivity contribution is 0.340. The molecule has 136 valence electrons. The Bertz CT molecular complexity index is 804. The molecule has 1 aliphatic carbocycles. The van der Waals surface area contributed by atoms with Crippen LogP contribution in [0.5, 0.6) is 5.75 Å². The second-order valence-electron chi connectivity index (χ2n) is 6.22. The quantitative estimate of drug-likeness (QED) is 0.717. The van der Waals surface area contributed by atoms with Gasteiger partial charge in [-0.2, -0.15) is 10.5 Å². The van der Waals surface area contributed by atoms with Crippen molar-refractivity contribution < 1.29 is 4.74 Å². The van der Waals surface area contributed by atoms with Gasteiger partial charge in [0.25, 0.3) is 0 Å². The summed E-state index contributed by atoms with van der Waals surface area (Å²) in [6, 6.07) is 12.5. The highest BCUT2D eigenvalue weighted by Gasteiger charge is 2.91. The van der Waals surface area contributed by atoms with Crippen LogP contribution in [0.25, 0.3) is 0 Å². The molecule has 0 radical (unpaired) electrons. The number of nitrogens with zero attached hydrogens (tertiary/aromatic N) is 3. The van der Waals surface area contributed by atoms with Crippen LogP contribution >= 0.6 is 23.5 Å². The average Bonchev–Trinajstić information content (AvgIpc) is 3.22. The van der Waals surface area contributed by atoms with Crippen molar-refractivity contribution >= 4 is 29.4 Å². The van der Waals surface area contributed by atoms with Crippen LogP contribution in [0.4, 0.5) is 0 Å². The third-order valence-electron chi connectivity index (χ3n) is 5.13. The lowest BCUT2D eigenvalue weighted by atomic mass is 9.97. The summed E-state index contributed by atoms with van der Waals surface area (Å²) in [4.78, 5) is 4.69. The predicted molar refractivity (Wildman–Crippen MR) is 107 cm³/mol. The molecule has 0 amide bonds. The van der Waals surface area contributed by atoms with Gasteiger partial charge in [-0.05, 0) is 36.1 Å². The molecule has 7 heteroatoms. The molecule has 2 aliphatic rings. The van der Waals surface area contributed by atoms with Gasteiger partial charge in [-0.25, -0.2) is 4.99 Å². The molecule has 26 heavy (non-hydrogen) atoms. The zero-order chi connectivity index (χ0) is 19.0. The van der Waals surface area contributed by atoms with Crippen LogP contribution in [0, 0.1) is 33.5 Å². The highest BCUT2D eigenvalue weighted by molar-refractivity contribution is 8.18. The summed E-state index contributed by atoms with van der Waals surface area (Å²) in [6.45, 7) is 6.61. The first-order valence-corrected chi connectivity index (χ1v) is 10.7. The number of amidine groups is 1. The van der Waals surface area contributed by atoms with E-state index in [4.69, 9.17) is 10.5 Å². The third kappa shape index (κ3) is 2.14. The Balaban J connectivity index is 2.12. The Morgan fingerprint density at radius 3 is 2.19 bits per heavy atom. The van der Waals surface area contributed by atoms with Crippen molar-refractivity contribution in [2.75, 3.05) is 18.1 Å². The Morgan fingerprint density at radius 2 is 1.73 bits per heavy atom. The van der Waals surface area contributed by atoms with Crippen LogP contribution in [-0.4, -0.2) is 28.2 Å². The summed E-state index contributed by atoms with van der Waals surface area (Å²) >= 11 is 3.22. The SMILES string of the molecule is CCOc1ccc(C2C3(C#N)C(N)=NC(SCC)(SCC)C23C#N)cc1. The van der Waals surface area contributed by atoms with E-state index in [0.717, 1.165) is 22.8 Å². The summed E-state index contributed by atoms with van der Waals surface area (Å²) in [6.07, 6.45) is 0. The van der Waals surface area contributed by atoms with E-state index in [1.165, 1.54) is 0 Å². The molecular formula is C19H22N4OS2. The average molecular weight is 387 g/mol. The summed E-state index contributed by atoms with van der Waals surface area (Å²) in [5.74, 6) is 2.38. The van der Waals surface area contributed by atoms with Gasteiger partial charge in [0.05, 0.1) is 18.7 Å². The van der Waals surface area contributed by atoms with Gasteiger partial charge in [-0.3, -0.25) is 0 Å². The van der Waals surface area contributed by atoms with Gasteiger partial charge < -0.3 is 10.5 Å². The van der Waals surface area contributed by atoms with E-state index in [-0.39, 0.29) is 5.92 Å². The van der Waals surface area contributed by atoms with E-state index in [2.05, 4.69) is 17.1 Å². The molecule has 1 saturated carbocycles. The Labute approximate surface area is 163 Å². The highest BCUT2D eigenvalue weighted by Crippen LogP contribution is 2.85. The van der Waals surface area contributed by atoms with E-state index >= 15 is 0 Å². The molecule has 2 N–H and O–H groups in total. The maximum absolute atomic E-state index is 10.3. The van der Waals surface area contributed by atoms with Gasteiger partial charge in [0.2, 0.25) is 0 Å². The molecule has 1 aliphatic heterocycles. The van der Waals surface area contributed by atoms with Crippen molar-refractivity contribution in [2.24, 2.45) is 21.6 Å². The molecule has 1 aromatic carbocycles. The molecule has 1 heterocycles. The molecule has 5 nitrogen and oxygen atoms in total. The first kappa shape index (κ1) is 18.9. The van der Waals surface area contributed by atoms with Crippen LogP contribution in [-0.2, 0) is 0 Å².